The van der Waals surface area contributed by atoms with Crippen LogP contribution in [0.2, 0.25) is 0 Å². The monoisotopic (exact) mass is 359 g/mol. The summed E-state index contributed by atoms with van der Waals surface area (Å²) in [4.78, 5) is 23.6. The first-order valence-electron chi connectivity index (χ1n) is 8.37. The second kappa shape index (κ2) is 7.60. The molecule has 1 aromatic heterocycles. The van der Waals surface area contributed by atoms with Gasteiger partial charge in [-0.1, -0.05) is 36.8 Å². The van der Waals surface area contributed by atoms with Crippen molar-refractivity contribution < 1.29 is 9.59 Å². The second-order valence-corrected chi connectivity index (χ2v) is 7.13. The van der Waals surface area contributed by atoms with Crippen molar-refractivity contribution in [3.8, 4) is 0 Å². The minimum absolute atomic E-state index is 0.000604. The molecule has 8 heteroatoms. The molecule has 1 aliphatic rings. The Hall–Kier alpha value is -2.48. The van der Waals surface area contributed by atoms with E-state index < -0.39 is 0 Å². The first kappa shape index (κ1) is 17.3. The molecule has 132 valence electrons. The average Bonchev–Trinajstić information content (AvgIpc) is 3.16. The van der Waals surface area contributed by atoms with E-state index in [4.69, 9.17) is 0 Å². The van der Waals surface area contributed by atoms with Gasteiger partial charge >= 0.3 is 6.03 Å². The SMILES string of the molecule is CCCCc1nnc(NC(=O)N[C@@H](C)c2ccc3c(c2)CC(=O)N3)s1. The molecule has 2 heterocycles. The van der Waals surface area contributed by atoms with E-state index in [2.05, 4.69) is 33.1 Å². The molecule has 0 saturated heterocycles. The van der Waals surface area contributed by atoms with E-state index in [-0.39, 0.29) is 18.0 Å². The van der Waals surface area contributed by atoms with Crippen molar-refractivity contribution >= 4 is 34.1 Å². The summed E-state index contributed by atoms with van der Waals surface area (Å²) in [5.74, 6) is 0.000604. The highest BCUT2D eigenvalue weighted by Gasteiger charge is 2.19. The number of aryl methyl sites for hydroxylation is 1. The second-order valence-electron chi connectivity index (χ2n) is 6.07. The van der Waals surface area contributed by atoms with Crippen molar-refractivity contribution in [3.05, 3.63) is 34.3 Å². The zero-order valence-electron chi connectivity index (χ0n) is 14.3. The van der Waals surface area contributed by atoms with Gasteiger partial charge in [0.1, 0.15) is 5.01 Å². The predicted octanol–water partition coefficient (Wildman–Crippen LogP) is 3.26. The van der Waals surface area contributed by atoms with Gasteiger partial charge < -0.3 is 10.6 Å². The Balaban J connectivity index is 1.56. The number of nitrogens with one attached hydrogen (secondary N) is 3. The number of urea groups is 1. The van der Waals surface area contributed by atoms with Crippen LogP contribution in [0.4, 0.5) is 15.6 Å². The van der Waals surface area contributed by atoms with Gasteiger partial charge in [0.2, 0.25) is 11.0 Å². The third-order valence-electron chi connectivity index (χ3n) is 4.03. The molecular formula is C17H21N5O2S. The number of amides is 3. The van der Waals surface area contributed by atoms with E-state index >= 15 is 0 Å². The molecule has 3 rings (SSSR count). The highest BCUT2D eigenvalue weighted by molar-refractivity contribution is 7.15. The third-order valence-corrected chi connectivity index (χ3v) is 4.93. The van der Waals surface area contributed by atoms with Crippen molar-refractivity contribution in [1.82, 2.24) is 15.5 Å². The van der Waals surface area contributed by atoms with Gasteiger partial charge in [-0.3, -0.25) is 10.1 Å². The number of benzene rings is 1. The van der Waals surface area contributed by atoms with Gasteiger partial charge in [0.15, 0.2) is 0 Å². The lowest BCUT2D eigenvalue weighted by Gasteiger charge is -2.15. The molecule has 0 saturated carbocycles. The number of unbranched alkanes of at least 4 members (excludes halogenated alkanes) is 1. The Labute approximate surface area is 150 Å². The van der Waals surface area contributed by atoms with Gasteiger partial charge in [-0.15, -0.1) is 10.2 Å². The molecule has 0 unspecified atom stereocenters. The summed E-state index contributed by atoms with van der Waals surface area (Å²) in [6, 6.07) is 5.22. The van der Waals surface area contributed by atoms with Crippen LogP contribution in [0.3, 0.4) is 0 Å². The molecular weight excluding hydrogens is 338 g/mol. The van der Waals surface area contributed by atoms with Crippen LogP contribution in [0.1, 0.15) is 48.9 Å². The number of anilines is 2. The third kappa shape index (κ3) is 4.33. The smallest absolute Gasteiger partial charge is 0.321 e. The maximum atomic E-state index is 12.2. The van der Waals surface area contributed by atoms with Gasteiger partial charge in [-0.05, 0) is 30.5 Å². The minimum atomic E-state index is -0.319. The Kier molecular flexibility index (Phi) is 5.28. The Morgan fingerprint density at radius 3 is 3.04 bits per heavy atom. The number of nitrogens with zero attached hydrogens (tertiary/aromatic N) is 2. The molecule has 1 atom stereocenters. The highest BCUT2D eigenvalue weighted by Crippen LogP contribution is 2.26. The van der Waals surface area contributed by atoms with Crippen LogP contribution in [-0.4, -0.2) is 22.1 Å². The van der Waals surface area contributed by atoms with Gasteiger partial charge in [-0.2, -0.15) is 0 Å². The van der Waals surface area contributed by atoms with Crippen LogP contribution in [0.15, 0.2) is 18.2 Å². The van der Waals surface area contributed by atoms with Crippen molar-refractivity contribution in [2.45, 2.75) is 45.6 Å². The Morgan fingerprint density at radius 2 is 2.24 bits per heavy atom. The fourth-order valence-electron chi connectivity index (χ4n) is 2.66. The van der Waals surface area contributed by atoms with E-state index in [1.807, 2.05) is 25.1 Å². The molecule has 0 bridgehead atoms. The summed E-state index contributed by atoms with van der Waals surface area (Å²) in [6.45, 7) is 4.03. The molecule has 3 amide bonds. The average molecular weight is 359 g/mol. The van der Waals surface area contributed by atoms with E-state index in [1.54, 1.807) is 0 Å². The first-order chi connectivity index (χ1) is 12.0. The van der Waals surface area contributed by atoms with Crippen molar-refractivity contribution in [3.63, 3.8) is 0 Å². The van der Waals surface area contributed by atoms with Crippen molar-refractivity contribution in [2.75, 3.05) is 10.6 Å². The van der Waals surface area contributed by atoms with E-state index in [0.717, 1.165) is 41.1 Å². The maximum Gasteiger partial charge on any atom is 0.321 e. The van der Waals surface area contributed by atoms with E-state index in [1.165, 1.54) is 11.3 Å². The largest absolute Gasteiger partial charge is 0.331 e. The lowest BCUT2D eigenvalue weighted by atomic mass is 10.0. The summed E-state index contributed by atoms with van der Waals surface area (Å²) >= 11 is 1.40. The molecule has 2 aromatic rings. The summed E-state index contributed by atoms with van der Waals surface area (Å²) in [6.07, 6.45) is 3.43. The number of carbonyl (C=O) groups is 2. The molecule has 0 aliphatic carbocycles. The minimum Gasteiger partial charge on any atom is -0.331 e. The fraction of sp³-hybridized carbons (Fsp3) is 0.412. The van der Waals surface area contributed by atoms with Crippen molar-refractivity contribution in [2.24, 2.45) is 0 Å². The number of rotatable bonds is 6. The Morgan fingerprint density at radius 1 is 1.40 bits per heavy atom. The topological polar surface area (TPSA) is 96.0 Å². The maximum absolute atomic E-state index is 12.2. The van der Waals surface area contributed by atoms with Crippen LogP contribution in [0, 0.1) is 0 Å². The van der Waals surface area contributed by atoms with Crippen LogP contribution >= 0.6 is 11.3 Å². The number of carbonyl (C=O) groups excluding carboxylic acids is 2. The molecule has 1 aliphatic heterocycles. The predicted molar refractivity (Wildman–Crippen MR) is 97.9 cm³/mol. The van der Waals surface area contributed by atoms with Gasteiger partial charge in [0.05, 0.1) is 12.5 Å². The number of hydrogen-bond acceptors (Lipinski definition) is 5. The summed E-state index contributed by atoms with van der Waals surface area (Å²) in [5, 5.41) is 17.9. The van der Waals surface area contributed by atoms with E-state index in [9.17, 15) is 9.59 Å². The van der Waals surface area contributed by atoms with Crippen LogP contribution < -0.4 is 16.0 Å². The molecule has 0 radical (unpaired) electrons. The number of aromatic nitrogens is 2. The zero-order chi connectivity index (χ0) is 17.8. The standard InChI is InChI=1S/C17H21N5O2S/c1-3-4-5-15-21-22-17(25-15)20-16(24)18-10(2)11-6-7-13-12(8-11)9-14(23)19-13/h6-8,10H,3-5,9H2,1-2H3,(H,19,23)(H2,18,20,22,24)/t10-/m0/s1. The summed E-state index contributed by atoms with van der Waals surface area (Å²) in [7, 11) is 0. The summed E-state index contributed by atoms with van der Waals surface area (Å²) in [5.41, 5.74) is 2.76. The number of hydrogen-bond donors (Lipinski definition) is 3. The lowest BCUT2D eigenvalue weighted by Crippen LogP contribution is -2.31. The van der Waals surface area contributed by atoms with E-state index in [0.29, 0.717) is 11.6 Å². The fourth-order valence-corrected chi connectivity index (χ4v) is 3.44. The zero-order valence-corrected chi connectivity index (χ0v) is 15.1. The van der Waals surface area contributed by atoms with Gasteiger partial charge in [0, 0.05) is 12.1 Å². The number of fused-ring (bicyclic) bond motifs is 1. The van der Waals surface area contributed by atoms with Crippen LogP contribution in [0.25, 0.3) is 0 Å². The highest BCUT2D eigenvalue weighted by atomic mass is 32.1. The molecule has 0 fully saturated rings. The van der Waals surface area contributed by atoms with Crippen LogP contribution in [0.5, 0.6) is 0 Å². The summed E-state index contributed by atoms with van der Waals surface area (Å²) < 4.78 is 0. The van der Waals surface area contributed by atoms with Gasteiger partial charge in [-0.25, -0.2) is 4.79 Å². The molecule has 1 aromatic carbocycles. The van der Waals surface area contributed by atoms with Crippen molar-refractivity contribution in [1.29, 1.82) is 0 Å². The molecule has 25 heavy (non-hydrogen) atoms. The Bertz CT molecular complexity index is 789. The molecule has 7 nitrogen and oxygen atoms in total. The molecule has 3 N–H and O–H groups in total. The lowest BCUT2D eigenvalue weighted by molar-refractivity contribution is -0.115. The normalized spacial score (nSPS) is 13.9. The van der Waals surface area contributed by atoms with Crippen LogP contribution in [-0.2, 0) is 17.6 Å². The first-order valence-corrected chi connectivity index (χ1v) is 9.19. The van der Waals surface area contributed by atoms with Gasteiger partial charge in [0.25, 0.3) is 0 Å². The quantitative estimate of drug-likeness (QED) is 0.737. The molecule has 0 spiro atoms.